The molecule has 1 aromatic heterocycles. The van der Waals surface area contributed by atoms with Crippen LogP contribution in [0.5, 0.6) is 11.5 Å². The molecule has 1 amide bonds. The summed E-state index contributed by atoms with van der Waals surface area (Å²) in [6, 6.07) is 3.16. The standard InChI is InChI=1S/C14H11ClF3N3O3/c1-14(17,18)12-11(13(23)21-10(20-12)5-9(19)22)24-6-2-3-7(15)8(16)4-6/h2-4H,5H2,1H3,(H2,19,22)(H,20,21,23). The zero-order valence-electron chi connectivity index (χ0n) is 12.2. The zero-order valence-corrected chi connectivity index (χ0v) is 13.0. The Morgan fingerprint density at radius 1 is 1.46 bits per heavy atom. The van der Waals surface area contributed by atoms with Crippen molar-refractivity contribution >= 4 is 17.5 Å². The van der Waals surface area contributed by atoms with Crippen LogP contribution >= 0.6 is 11.6 Å². The summed E-state index contributed by atoms with van der Waals surface area (Å²) >= 11 is 5.51. The van der Waals surface area contributed by atoms with Gasteiger partial charge in [0.2, 0.25) is 11.7 Å². The zero-order chi connectivity index (χ0) is 18.1. The summed E-state index contributed by atoms with van der Waals surface area (Å²) in [5.41, 5.74) is 2.89. The predicted molar refractivity (Wildman–Crippen MR) is 78.8 cm³/mol. The molecular formula is C14H11ClF3N3O3. The molecule has 0 unspecified atom stereocenters. The number of aromatic amines is 1. The van der Waals surface area contributed by atoms with Gasteiger partial charge in [-0.2, -0.15) is 8.78 Å². The third kappa shape index (κ3) is 4.05. The highest BCUT2D eigenvalue weighted by Crippen LogP contribution is 2.33. The number of hydrogen-bond acceptors (Lipinski definition) is 4. The van der Waals surface area contributed by atoms with Gasteiger partial charge in [-0.3, -0.25) is 9.59 Å². The van der Waals surface area contributed by atoms with E-state index in [0.717, 1.165) is 12.1 Å². The van der Waals surface area contributed by atoms with E-state index in [1.807, 2.05) is 0 Å². The van der Waals surface area contributed by atoms with Crippen LogP contribution < -0.4 is 16.0 Å². The van der Waals surface area contributed by atoms with E-state index in [4.69, 9.17) is 22.1 Å². The number of alkyl halides is 2. The largest absolute Gasteiger partial charge is 0.449 e. The Morgan fingerprint density at radius 3 is 2.67 bits per heavy atom. The molecule has 10 heteroatoms. The van der Waals surface area contributed by atoms with Gasteiger partial charge >= 0.3 is 0 Å². The summed E-state index contributed by atoms with van der Waals surface area (Å²) in [5.74, 6) is -6.65. The van der Waals surface area contributed by atoms with Gasteiger partial charge in [0.1, 0.15) is 17.4 Å². The Balaban J connectivity index is 2.53. The lowest BCUT2D eigenvalue weighted by Gasteiger charge is -2.15. The summed E-state index contributed by atoms with van der Waals surface area (Å²) in [6.07, 6.45) is -0.534. The van der Waals surface area contributed by atoms with Crippen LogP contribution in [-0.2, 0) is 17.1 Å². The maximum atomic E-state index is 13.8. The predicted octanol–water partition coefficient (Wildman–Crippen LogP) is 2.49. The van der Waals surface area contributed by atoms with E-state index < -0.39 is 41.1 Å². The van der Waals surface area contributed by atoms with Crippen molar-refractivity contribution in [1.29, 1.82) is 0 Å². The van der Waals surface area contributed by atoms with E-state index in [2.05, 4.69) is 9.97 Å². The summed E-state index contributed by atoms with van der Waals surface area (Å²) < 4.78 is 46.0. The van der Waals surface area contributed by atoms with Gasteiger partial charge in [0.05, 0.1) is 11.4 Å². The molecule has 24 heavy (non-hydrogen) atoms. The summed E-state index contributed by atoms with van der Waals surface area (Å²) in [5, 5.41) is -0.202. The van der Waals surface area contributed by atoms with Crippen molar-refractivity contribution in [2.75, 3.05) is 0 Å². The molecule has 0 bridgehead atoms. The fourth-order valence-electron chi connectivity index (χ4n) is 1.81. The van der Waals surface area contributed by atoms with Crippen LogP contribution in [0.1, 0.15) is 18.4 Å². The SMILES string of the molecule is CC(F)(F)c1nc(CC(N)=O)[nH]c(=O)c1Oc1ccc(Cl)c(F)c1. The van der Waals surface area contributed by atoms with Gasteiger partial charge in [-0.15, -0.1) is 0 Å². The first-order chi connectivity index (χ1) is 11.1. The van der Waals surface area contributed by atoms with Gasteiger partial charge in [0, 0.05) is 13.0 Å². The molecule has 6 nitrogen and oxygen atoms in total. The number of halogens is 4. The highest BCUT2D eigenvalue weighted by atomic mass is 35.5. The fraction of sp³-hybridized carbons (Fsp3) is 0.214. The Hall–Kier alpha value is -2.55. The molecular weight excluding hydrogens is 351 g/mol. The van der Waals surface area contributed by atoms with Crippen LogP contribution in [0, 0.1) is 5.82 Å². The van der Waals surface area contributed by atoms with E-state index in [1.54, 1.807) is 0 Å². The van der Waals surface area contributed by atoms with Gasteiger partial charge < -0.3 is 15.5 Å². The number of hydrogen-bond donors (Lipinski definition) is 2. The number of nitrogens with zero attached hydrogens (tertiary/aromatic N) is 1. The highest BCUT2D eigenvalue weighted by Gasteiger charge is 2.33. The molecule has 0 aliphatic rings. The van der Waals surface area contributed by atoms with Crippen molar-refractivity contribution in [2.24, 2.45) is 5.73 Å². The second-order valence-electron chi connectivity index (χ2n) is 4.90. The van der Waals surface area contributed by atoms with Crippen LogP contribution in [0.2, 0.25) is 5.02 Å². The molecule has 1 heterocycles. The van der Waals surface area contributed by atoms with Crippen molar-refractivity contribution < 1.29 is 22.7 Å². The van der Waals surface area contributed by atoms with Crippen molar-refractivity contribution in [3.05, 3.63) is 50.9 Å². The lowest BCUT2D eigenvalue weighted by Crippen LogP contribution is -2.25. The number of aromatic nitrogens is 2. The van der Waals surface area contributed by atoms with E-state index >= 15 is 0 Å². The van der Waals surface area contributed by atoms with E-state index in [-0.39, 0.29) is 16.6 Å². The van der Waals surface area contributed by atoms with Crippen LogP contribution in [0.3, 0.4) is 0 Å². The second kappa shape index (κ2) is 6.52. The normalized spacial score (nSPS) is 11.4. The topological polar surface area (TPSA) is 98.1 Å². The number of nitrogens with one attached hydrogen (secondary N) is 1. The number of carbonyl (C=O) groups is 1. The lowest BCUT2D eigenvalue weighted by atomic mass is 10.2. The minimum atomic E-state index is -3.55. The molecule has 0 radical (unpaired) electrons. The number of rotatable bonds is 5. The Labute approximate surface area is 138 Å². The van der Waals surface area contributed by atoms with Crippen molar-refractivity contribution in [2.45, 2.75) is 19.3 Å². The minimum absolute atomic E-state index is 0.202. The van der Waals surface area contributed by atoms with Gasteiger partial charge in [-0.1, -0.05) is 11.6 Å². The Morgan fingerprint density at radius 2 is 2.12 bits per heavy atom. The number of benzene rings is 1. The third-order valence-electron chi connectivity index (χ3n) is 2.79. The molecule has 128 valence electrons. The van der Waals surface area contributed by atoms with Crippen LogP contribution in [0.25, 0.3) is 0 Å². The Bertz CT molecular complexity index is 849. The van der Waals surface area contributed by atoms with Gasteiger partial charge in [-0.05, 0) is 12.1 Å². The molecule has 1 aromatic carbocycles. The molecule has 2 rings (SSSR count). The Kier molecular flexibility index (Phi) is 4.83. The fourth-order valence-corrected chi connectivity index (χ4v) is 1.93. The number of ether oxygens (including phenoxy) is 1. The lowest BCUT2D eigenvalue weighted by molar-refractivity contribution is -0.117. The molecule has 0 spiro atoms. The second-order valence-corrected chi connectivity index (χ2v) is 5.31. The molecule has 0 atom stereocenters. The number of H-pyrrole nitrogens is 1. The molecule has 0 fully saturated rings. The van der Waals surface area contributed by atoms with Crippen LogP contribution in [-0.4, -0.2) is 15.9 Å². The molecule has 0 saturated heterocycles. The van der Waals surface area contributed by atoms with Crippen molar-refractivity contribution in [3.8, 4) is 11.5 Å². The van der Waals surface area contributed by atoms with Crippen LogP contribution in [0.15, 0.2) is 23.0 Å². The van der Waals surface area contributed by atoms with Gasteiger partial charge in [-0.25, -0.2) is 9.37 Å². The first-order valence-electron chi connectivity index (χ1n) is 6.50. The molecule has 2 aromatic rings. The molecule has 0 aliphatic heterocycles. The van der Waals surface area contributed by atoms with E-state index in [9.17, 15) is 22.8 Å². The summed E-state index contributed by atoms with van der Waals surface area (Å²) in [6.45, 7) is 0.498. The number of primary amides is 1. The number of amides is 1. The van der Waals surface area contributed by atoms with Crippen LogP contribution in [0.4, 0.5) is 13.2 Å². The van der Waals surface area contributed by atoms with Gasteiger partial charge in [0.25, 0.3) is 11.5 Å². The number of nitrogens with two attached hydrogens (primary N) is 1. The average molecular weight is 362 g/mol. The summed E-state index contributed by atoms with van der Waals surface area (Å²) in [7, 11) is 0. The van der Waals surface area contributed by atoms with E-state index in [0.29, 0.717) is 6.92 Å². The summed E-state index contributed by atoms with van der Waals surface area (Å²) in [4.78, 5) is 28.5. The minimum Gasteiger partial charge on any atom is -0.449 e. The maximum absolute atomic E-state index is 13.8. The quantitative estimate of drug-likeness (QED) is 0.854. The number of carbonyl (C=O) groups excluding carboxylic acids is 1. The van der Waals surface area contributed by atoms with Crippen molar-refractivity contribution in [3.63, 3.8) is 0 Å². The monoisotopic (exact) mass is 361 g/mol. The highest BCUT2D eigenvalue weighted by molar-refractivity contribution is 6.30. The molecule has 3 N–H and O–H groups in total. The maximum Gasteiger partial charge on any atom is 0.294 e. The molecule has 0 saturated carbocycles. The average Bonchev–Trinajstić information content (AvgIpc) is 2.43. The third-order valence-corrected chi connectivity index (χ3v) is 3.10. The van der Waals surface area contributed by atoms with Crippen molar-refractivity contribution in [1.82, 2.24) is 9.97 Å². The smallest absolute Gasteiger partial charge is 0.294 e. The first kappa shape index (κ1) is 17.8. The first-order valence-corrected chi connectivity index (χ1v) is 6.88. The van der Waals surface area contributed by atoms with Gasteiger partial charge in [0.15, 0.2) is 5.69 Å². The molecule has 0 aliphatic carbocycles. The van der Waals surface area contributed by atoms with E-state index in [1.165, 1.54) is 6.07 Å².